The van der Waals surface area contributed by atoms with Gasteiger partial charge in [0, 0.05) is 26.0 Å². The van der Waals surface area contributed by atoms with Crippen LogP contribution in [0, 0.1) is 5.92 Å². The fourth-order valence-electron chi connectivity index (χ4n) is 2.38. The van der Waals surface area contributed by atoms with Crippen molar-refractivity contribution >= 4 is 11.8 Å². The topological polar surface area (TPSA) is 39.9 Å². The van der Waals surface area contributed by atoms with Gasteiger partial charge in [0.2, 0.25) is 5.82 Å². The van der Waals surface area contributed by atoms with E-state index in [4.69, 9.17) is 4.74 Å². The van der Waals surface area contributed by atoms with Crippen molar-refractivity contribution in [2.24, 2.45) is 13.0 Å². The summed E-state index contributed by atoms with van der Waals surface area (Å²) in [5.41, 5.74) is 0. The molecule has 1 fully saturated rings. The molecule has 0 radical (unpaired) electrons. The predicted octanol–water partition coefficient (Wildman–Crippen LogP) is 3.44. The van der Waals surface area contributed by atoms with E-state index in [1.165, 1.54) is 42.0 Å². The molecule has 0 aromatic carbocycles. The quantitative estimate of drug-likeness (QED) is 0.571. The molecule has 1 aliphatic heterocycles. The van der Waals surface area contributed by atoms with Crippen LogP contribution in [0.4, 0.5) is 8.78 Å². The van der Waals surface area contributed by atoms with Crippen LogP contribution >= 0.6 is 11.8 Å². The molecule has 0 N–H and O–H groups in total. The monoisotopic (exact) mass is 305 g/mol. The van der Waals surface area contributed by atoms with E-state index in [1.807, 2.05) is 0 Å². The molecule has 1 saturated heterocycles. The molecule has 0 bridgehead atoms. The second kappa shape index (κ2) is 7.93. The normalized spacial score (nSPS) is 17.0. The van der Waals surface area contributed by atoms with E-state index >= 15 is 0 Å². The van der Waals surface area contributed by atoms with E-state index in [9.17, 15) is 8.78 Å². The lowest BCUT2D eigenvalue weighted by Gasteiger charge is -2.21. The van der Waals surface area contributed by atoms with Gasteiger partial charge in [-0.1, -0.05) is 24.6 Å². The van der Waals surface area contributed by atoms with Gasteiger partial charge in [0.1, 0.15) is 0 Å². The van der Waals surface area contributed by atoms with Gasteiger partial charge in [0.05, 0.1) is 0 Å². The van der Waals surface area contributed by atoms with Crippen LogP contribution in [0.1, 0.15) is 44.4 Å². The van der Waals surface area contributed by atoms with Crippen molar-refractivity contribution in [3.63, 3.8) is 0 Å². The average Bonchev–Trinajstić information content (AvgIpc) is 2.81. The molecule has 20 heavy (non-hydrogen) atoms. The zero-order chi connectivity index (χ0) is 14.4. The van der Waals surface area contributed by atoms with E-state index < -0.39 is 6.43 Å². The summed E-state index contributed by atoms with van der Waals surface area (Å²) in [5.74, 6) is 1.45. The van der Waals surface area contributed by atoms with Crippen molar-refractivity contribution in [3.05, 3.63) is 5.82 Å². The van der Waals surface area contributed by atoms with E-state index in [2.05, 4.69) is 10.2 Å². The molecule has 0 amide bonds. The van der Waals surface area contributed by atoms with Crippen molar-refractivity contribution in [2.45, 2.75) is 43.7 Å². The standard InChI is InChI=1S/C13H21F2N3OS/c1-18-12(11(14)15)16-17-13(18)20-9-3-2-4-10-5-7-19-8-6-10/h10-11H,2-9H2,1H3. The lowest BCUT2D eigenvalue weighted by Crippen LogP contribution is -2.15. The number of ether oxygens (including phenoxy) is 1. The molecule has 0 unspecified atom stereocenters. The molecule has 2 rings (SSSR count). The fourth-order valence-corrected chi connectivity index (χ4v) is 3.29. The summed E-state index contributed by atoms with van der Waals surface area (Å²) >= 11 is 1.50. The second-order valence-electron chi connectivity index (χ2n) is 5.10. The summed E-state index contributed by atoms with van der Waals surface area (Å²) < 4.78 is 31.8. The Bertz CT molecular complexity index is 408. The van der Waals surface area contributed by atoms with Crippen molar-refractivity contribution < 1.29 is 13.5 Å². The summed E-state index contributed by atoms with van der Waals surface area (Å²) in [4.78, 5) is 0. The maximum Gasteiger partial charge on any atom is 0.297 e. The SMILES string of the molecule is Cn1c(SCCCCC2CCOCC2)nnc1C(F)F. The maximum atomic E-state index is 12.5. The third-order valence-electron chi connectivity index (χ3n) is 3.64. The van der Waals surface area contributed by atoms with Gasteiger partial charge in [-0.3, -0.25) is 0 Å². The zero-order valence-corrected chi connectivity index (χ0v) is 12.5. The lowest BCUT2D eigenvalue weighted by molar-refractivity contribution is 0.0633. The molecular weight excluding hydrogens is 284 g/mol. The first-order chi connectivity index (χ1) is 9.68. The van der Waals surface area contributed by atoms with Crippen LogP contribution in [0.15, 0.2) is 5.16 Å². The minimum atomic E-state index is -2.56. The van der Waals surface area contributed by atoms with Gasteiger partial charge in [0.15, 0.2) is 5.16 Å². The van der Waals surface area contributed by atoms with Gasteiger partial charge >= 0.3 is 0 Å². The Morgan fingerprint density at radius 1 is 1.30 bits per heavy atom. The highest BCUT2D eigenvalue weighted by Gasteiger charge is 2.17. The van der Waals surface area contributed by atoms with Crippen LogP contribution < -0.4 is 0 Å². The number of aromatic nitrogens is 3. The predicted molar refractivity (Wildman–Crippen MR) is 74.1 cm³/mol. The Balaban J connectivity index is 1.63. The van der Waals surface area contributed by atoms with Crippen LogP contribution in [0.5, 0.6) is 0 Å². The van der Waals surface area contributed by atoms with Crippen molar-refractivity contribution in [2.75, 3.05) is 19.0 Å². The summed E-state index contributed by atoms with van der Waals surface area (Å²) in [6.07, 6.45) is 3.29. The number of hydrogen-bond donors (Lipinski definition) is 0. The van der Waals surface area contributed by atoms with Crippen molar-refractivity contribution in [1.29, 1.82) is 0 Å². The second-order valence-corrected chi connectivity index (χ2v) is 6.16. The number of rotatable bonds is 7. The molecule has 0 atom stereocenters. The van der Waals surface area contributed by atoms with Gasteiger partial charge in [-0.25, -0.2) is 8.78 Å². The van der Waals surface area contributed by atoms with Crippen LogP contribution in [0.3, 0.4) is 0 Å². The Labute approximate surface area is 122 Å². The Kier molecular flexibility index (Phi) is 6.22. The summed E-state index contributed by atoms with van der Waals surface area (Å²) in [5, 5.41) is 7.90. The van der Waals surface area contributed by atoms with Crippen LogP contribution in [-0.2, 0) is 11.8 Å². The molecule has 1 aromatic heterocycles. The van der Waals surface area contributed by atoms with Gasteiger partial charge < -0.3 is 9.30 Å². The number of nitrogens with zero attached hydrogens (tertiary/aromatic N) is 3. The zero-order valence-electron chi connectivity index (χ0n) is 11.7. The van der Waals surface area contributed by atoms with Crippen LogP contribution in [0.25, 0.3) is 0 Å². The summed E-state index contributed by atoms with van der Waals surface area (Å²) in [7, 11) is 1.59. The molecule has 1 aromatic rings. The highest BCUT2D eigenvalue weighted by atomic mass is 32.2. The molecule has 1 aliphatic rings. The lowest BCUT2D eigenvalue weighted by atomic mass is 9.94. The van der Waals surface area contributed by atoms with Crippen LogP contribution in [0.2, 0.25) is 0 Å². The van der Waals surface area contributed by atoms with Gasteiger partial charge in [0.25, 0.3) is 6.43 Å². The number of unbranched alkanes of at least 4 members (excludes halogenated alkanes) is 1. The van der Waals surface area contributed by atoms with Gasteiger partial charge in [-0.05, 0) is 25.2 Å². The minimum Gasteiger partial charge on any atom is -0.381 e. The number of alkyl halides is 2. The van der Waals surface area contributed by atoms with Gasteiger partial charge in [-0.15, -0.1) is 10.2 Å². The smallest absolute Gasteiger partial charge is 0.297 e. The molecule has 114 valence electrons. The molecule has 0 saturated carbocycles. The average molecular weight is 305 g/mol. The van der Waals surface area contributed by atoms with Gasteiger partial charge in [-0.2, -0.15) is 0 Å². The largest absolute Gasteiger partial charge is 0.381 e. The first-order valence-electron chi connectivity index (χ1n) is 7.06. The molecule has 4 nitrogen and oxygen atoms in total. The van der Waals surface area contributed by atoms with E-state index in [1.54, 1.807) is 7.05 Å². The number of halogens is 2. The molecule has 0 aliphatic carbocycles. The molecule has 7 heteroatoms. The van der Waals surface area contributed by atoms with E-state index in [-0.39, 0.29) is 5.82 Å². The summed E-state index contributed by atoms with van der Waals surface area (Å²) in [6, 6.07) is 0. The first kappa shape index (κ1) is 15.7. The maximum absolute atomic E-state index is 12.5. The Hall–Kier alpha value is -0.690. The Morgan fingerprint density at radius 3 is 2.70 bits per heavy atom. The van der Waals surface area contributed by atoms with E-state index in [0.29, 0.717) is 5.16 Å². The third kappa shape index (κ3) is 4.41. The van der Waals surface area contributed by atoms with Crippen molar-refractivity contribution in [3.8, 4) is 0 Å². The molecular formula is C13H21F2N3OS. The van der Waals surface area contributed by atoms with Crippen LogP contribution in [-0.4, -0.2) is 33.7 Å². The molecule has 2 heterocycles. The minimum absolute atomic E-state index is 0.255. The molecule has 0 spiro atoms. The third-order valence-corrected chi connectivity index (χ3v) is 4.75. The van der Waals surface area contributed by atoms with E-state index in [0.717, 1.165) is 31.3 Å². The highest BCUT2D eigenvalue weighted by Crippen LogP contribution is 2.24. The Morgan fingerprint density at radius 2 is 2.05 bits per heavy atom. The fraction of sp³-hybridized carbons (Fsp3) is 0.846. The number of hydrogen-bond acceptors (Lipinski definition) is 4. The number of thioether (sulfide) groups is 1. The summed E-state index contributed by atoms with van der Waals surface area (Å²) in [6.45, 7) is 1.80. The highest BCUT2D eigenvalue weighted by molar-refractivity contribution is 7.99. The first-order valence-corrected chi connectivity index (χ1v) is 8.05. The van der Waals surface area contributed by atoms with Crippen molar-refractivity contribution in [1.82, 2.24) is 14.8 Å².